The first-order valence-electron chi connectivity index (χ1n) is 7.36. The number of rotatable bonds is 8. The van der Waals surface area contributed by atoms with Gasteiger partial charge in [-0.2, -0.15) is 5.26 Å². The van der Waals surface area contributed by atoms with Crippen molar-refractivity contribution in [3.8, 4) is 6.07 Å². The maximum absolute atomic E-state index is 12.3. The van der Waals surface area contributed by atoms with Crippen molar-refractivity contribution >= 4 is 34.8 Å². The third kappa shape index (κ3) is 4.35. The fourth-order valence-corrected chi connectivity index (χ4v) is 3.59. The maximum atomic E-state index is 12.3. The summed E-state index contributed by atoms with van der Waals surface area (Å²) in [7, 11) is 1.65. The summed E-state index contributed by atoms with van der Waals surface area (Å²) in [6, 6.07) is 2.20. The molecule has 1 amide bonds. The summed E-state index contributed by atoms with van der Waals surface area (Å²) >= 11 is 2.72. The minimum absolute atomic E-state index is 0.169. The molecule has 0 bridgehead atoms. The van der Waals surface area contributed by atoms with Gasteiger partial charge in [-0.25, -0.2) is 0 Å². The number of nitriles is 1. The van der Waals surface area contributed by atoms with Crippen LogP contribution in [0.3, 0.4) is 0 Å². The summed E-state index contributed by atoms with van der Waals surface area (Å²) in [6.07, 6.45) is 0.804. The Bertz CT molecular complexity index is 734. The lowest BCUT2D eigenvalue weighted by Crippen LogP contribution is -2.18. The van der Waals surface area contributed by atoms with Gasteiger partial charge in [0.25, 0.3) is 0 Å². The van der Waals surface area contributed by atoms with Gasteiger partial charge in [0, 0.05) is 26.0 Å². The third-order valence-electron chi connectivity index (χ3n) is 3.60. The van der Waals surface area contributed by atoms with Crippen LogP contribution in [0.5, 0.6) is 0 Å². The highest BCUT2D eigenvalue weighted by Crippen LogP contribution is 2.27. The number of carbonyl (C=O) groups excluding carboxylic acids is 1. The van der Waals surface area contributed by atoms with E-state index in [1.54, 1.807) is 12.6 Å². The zero-order valence-electron chi connectivity index (χ0n) is 13.8. The molecule has 9 heteroatoms. The molecule has 1 N–H and O–H groups in total. The number of hydrogen-bond donors (Lipinski definition) is 1. The van der Waals surface area contributed by atoms with Gasteiger partial charge in [0.2, 0.25) is 5.91 Å². The van der Waals surface area contributed by atoms with Gasteiger partial charge in [-0.15, -0.1) is 10.2 Å². The van der Waals surface area contributed by atoms with Crippen LogP contribution >= 0.6 is 23.1 Å². The second-order valence-electron chi connectivity index (χ2n) is 5.09. The van der Waals surface area contributed by atoms with Gasteiger partial charge >= 0.3 is 0 Å². The number of nitrogens with one attached hydrogen (secondary N) is 1. The Hall–Kier alpha value is -1.89. The van der Waals surface area contributed by atoms with Crippen LogP contribution in [-0.4, -0.2) is 40.1 Å². The molecule has 0 aliphatic heterocycles. The molecule has 0 aromatic carbocycles. The zero-order chi connectivity index (χ0) is 17.5. The van der Waals surface area contributed by atoms with E-state index >= 15 is 0 Å². The molecule has 0 aliphatic rings. The number of amides is 1. The molecule has 0 aliphatic carbocycles. The van der Waals surface area contributed by atoms with Crippen LogP contribution in [0, 0.1) is 25.2 Å². The van der Waals surface area contributed by atoms with Gasteiger partial charge in [0.05, 0.1) is 11.3 Å². The van der Waals surface area contributed by atoms with E-state index in [9.17, 15) is 10.1 Å². The molecule has 24 heavy (non-hydrogen) atoms. The van der Waals surface area contributed by atoms with Gasteiger partial charge in [-0.05, 0) is 25.8 Å². The van der Waals surface area contributed by atoms with Crippen LogP contribution in [0.25, 0.3) is 0 Å². The van der Waals surface area contributed by atoms with E-state index in [0.717, 1.165) is 22.0 Å². The molecule has 2 heterocycles. The lowest BCUT2D eigenvalue weighted by Gasteiger charge is -2.12. The monoisotopic (exact) mass is 365 g/mol. The van der Waals surface area contributed by atoms with Gasteiger partial charge < -0.3 is 14.6 Å². The minimum Gasteiger partial charge on any atom is -0.385 e. The highest BCUT2D eigenvalue weighted by molar-refractivity contribution is 8.01. The number of carbonyl (C=O) groups is 1. The van der Waals surface area contributed by atoms with Crippen LogP contribution in [0.2, 0.25) is 0 Å². The van der Waals surface area contributed by atoms with Crippen molar-refractivity contribution in [3.05, 3.63) is 22.3 Å². The number of thioether (sulfide) groups is 1. The molecule has 2 aromatic heterocycles. The normalized spacial score (nSPS) is 10.6. The summed E-state index contributed by atoms with van der Waals surface area (Å²) in [5.41, 5.74) is 4.01. The number of ether oxygens (including phenoxy) is 1. The van der Waals surface area contributed by atoms with Crippen molar-refractivity contribution < 1.29 is 9.53 Å². The highest BCUT2D eigenvalue weighted by Gasteiger charge is 2.19. The number of methoxy groups -OCH3 is 1. The van der Waals surface area contributed by atoms with Crippen molar-refractivity contribution in [1.29, 1.82) is 5.26 Å². The third-order valence-corrected chi connectivity index (χ3v) is 5.46. The SMILES string of the molecule is COCCCn1c(C)c(C)c(C#N)c1NC(=O)CSc1nncs1. The summed E-state index contributed by atoms with van der Waals surface area (Å²) < 4.78 is 7.80. The predicted molar refractivity (Wildman–Crippen MR) is 94.4 cm³/mol. The van der Waals surface area contributed by atoms with Crippen LogP contribution in [0.1, 0.15) is 23.2 Å². The first-order chi connectivity index (χ1) is 11.6. The molecule has 0 fully saturated rings. The molecular formula is C15H19N5O2S2. The van der Waals surface area contributed by atoms with Crippen molar-refractivity contribution in [2.45, 2.75) is 31.2 Å². The van der Waals surface area contributed by atoms with Gasteiger partial charge in [0.1, 0.15) is 17.4 Å². The van der Waals surface area contributed by atoms with Crippen molar-refractivity contribution in [2.24, 2.45) is 0 Å². The van der Waals surface area contributed by atoms with Gasteiger partial charge in [0.15, 0.2) is 4.34 Å². The average Bonchev–Trinajstić information content (AvgIpc) is 3.16. The van der Waals surface area contributed by atoms with Crippen molar-refractivity contribution in [1.82, 2.24) is 14.8 Å². The van der Waals surface area contributed by atoms with Crippen LogP contribution in [0.15, 0.2) is 9.85 Å². The molecule has 0 unspecified atom stereocenters. The molecule has 0 radical (unpaired) electrons. The van der Waals surface area contributed by atoms with Crippen LogP contribution < -0.4 is 5.32 Å². The van der Waals surface area contributed by atoms with E-state index < -0.39 is 0 Å². The van der Waals surface area contributed by atoms with Gasteiger partial charge in [-0.3, -0.25) is 4.79 Å². The summed E-state index contributed by atoms with van der Waals surface area (Å²) in [6.45, 7) is 5.15. The summed E-state index contributed by atoms with van der Waals surface area (Å²) in [5.74, 6) is 0.616. The fraction of sp³-hybridized carbons (Fsp3) is 0.467. The molecule has 0 saturated carbocycles. The second kappa shape index (κ2) is 8.82. The Morgan fingerprint density at radius 1 is 1.54 bits per heavy atom. The Labute approximate surface area is 149 Å². The van der Waals surface area contributed by atoms with E-state index in [0.29, 0.717) is 24.5 Å². The number of aromatic nitrogens is 3. The molecule has 7 nitrogen and oxygen atoms in total. The van der Waals surface area contributed by atoms with E-state index in [4.69, 9.17) is 4.74 Å². The lowest BCUT2D eigenvalue weighted by atomic mass is 10.2. The largest absolute Gasteiger partial charge is 0.385 e. The van der Waals surface area contributed by atoms with Crippen molar-refractivity contribution in [3.63, 3.8) is 0 Å². The first kappa shape index (κ1) is 18.4. The molecule has 0 saturated heterocycles. The number of hydrogen-bond acceptors (Lipinski definition) is 7. The highest BCUT2D eigenvalue weighted by atomic mass is 32.2. The number of anilines is 1. The Morgan fingerprint density at radius 2 is 2.33 bits per heavy atom. The molecule has 128 valence electrons. The quantitative estimate of drug-likeness (QED) is 0.571. The average molecular weight is 365 g/mol. The maximum Gasteiger partial charge on any atom is 0.235 e. The van der Waals surface area contributed by atoms with E-state index in [2.05, 4.69) is 21.6 Å². The van der Waals surface area contributed by atoms with E-state index in [1.165, 1.54) is 23.1 Å². The van der Waals surface area contributed by atoms with Gasteiger partial charge in [-0.1, -0.05) is 23.1 Å². The van der Waals surface area contributed by atoms with E-state index in [-0.39, 0.29) is 11.7 Å². The standard InChI is InChI=1S/C15H19N5O2S2/c1-10-11(2)20(5-4-6-22-3)14(12(10)7-16)18-13(21)8-23-15-19-17-9-24-15/h9H,4-6,8H2,1-3H3,(H,18,21). The molecule has 2 rings (SSSR count). The topological polar surface area (TPSA) is 92.8 Å². The van der Waals surface area contributed by atoms with Crippen LogP contribution in [0.4, 0.5) is 5.82 Å². The summed E-state index contributed by atoms with van der Waals surface area (Å²) in [4.78, 5) is 12.3. The molecule has 0 spiro atoms. The van der Waals surface area contributed by atoms with Crippen LogP contribution in [-0.2, 0) is 16.1 Å². The smallest absolute Gasteiger partial charge is 0.235 e. The van der Waals surface area contributed by atoms with Crippen molar-refractivity contribution in [2.75, 3.05) is 24.8 Å². The predicted octanol–water partition coefficient (Wildman–Crippen LogP) is 2.60. The van der Waals surface area contributed by atoms with E-state index in [1.807, 2.05) is 18.4 Å². The fourth-order valence-electron chi connectivity index (χ4n) is 2.30. The molecular weight excluding hydrogens is 346 g/mol. The Kier molecular flexibility index (Phi) is 6.78. The lowest BCUT2D eigenvalue weighted by molar-refractivity contribution is -0.113. The number of nitrogens with zero attached hydrogens (tertiary/aromatic N) is 4. The Balaban J connectivity index is 2.13. The summed E-state index contributed by atoms with van der Waals surface area (Å²) in [5, 5.41) is 20.0. The first-order valence-corrected chi connectivity index (χ1v) is 9.22. The Morgan fingerprint density at radius 3 is 2.96 bits per heavy atom. The zero-order valence-corrected chi connectivity index (χ0v) is 15.5. The second-order valence-corrected chi connectivity index (χ2v) is 7.14. The molecule has 2 aromatic rings. The minimum atomic E-state index is -0.169. The molecule has 0 atom stereocenters.